The van der Waals surface area contributed by atoms with Crippen molar-refractivity contribution in [1.82, 2.24) is 0 Å². The summed E-state index contributed by atoms with van der Waals surface area (Å²) in [6.45, 7) is 2.50. The van der Waals surface area contributed by atoms with Crippen molar-refractivity contribution in [2.75, 3.05) is 23.4 Å². The first-order valence-corrected chi connectivity index (χ1v) is 6.59. The predicted octanol–water partition coefficient (Wildman–Crippen LogP) is 4.02. The molecule has 1 unspecified atom stereocenters. The lowest BCUT2D eigenvalue weighted by molar-refractivity contribution is -0.135. The molecule has 0 aromatic heterocycles. The molecule has 0 fully saturated rings. The van der Waals surface area contributed by atoms with Gasteiger partial charge in [-0.25, -0.2) is 0 Å². The Morgan fingerprint density at radius 2 is 1.79 bits per heavy atom. The minimum Gasteiger partial charge on any atom is -0.353 e. The summed E-state index contributed by atoms with van der Waals surface area (Å²) in [6.07, 6.45) is -3.59. The number of halogens is 3. The summed E-state index contributed by atoms with van der Waals surface area (Å²) in [6, 6.07) is 7.89. The number of rotatable bonds is 4. The largest absolute Gasteiger partial charge is 0.389 e. The second-order valence-electron chi connectivity index (χ2n) is 4.90. The first kappa shape index (κ1) is 14.0. The van der Waals surface area contributed by atoms with Gasteiger partial charge in [-0.1, -0.05) is 19.1 Å². The van der Waals surface area contributed by atoms with Crippen LogP contribution in [-0.4, -0.2) is 25.9 Å². The van der Waals surface area contributed by atoms with Gasteiger partial charge in [0.15, 0.2) is 0 Å². The van der Waals surface area contributed by atoms with Crippen LogP contribution in [-0.2, 0) is 0 Å². The Labute approximate surface area is 111 Å². The minimum atomic E-state index is -4.06. The Kier molecular flexibility index (Phi) is 3.92. The van der Waals surface area contributed by atoms with Crippen LogP contribution in [0.3, 0.4) is 0 Å². The van der Waals surface area contributed by atoms with Gasteiger partial charge in [0.2, 0.25) is 0 Å². The van der Waals surface area contributed by atoms with Gasteiger partial charge in [0.25, 0.3) is 0 Å². The van der Waals surface area contributed by atoms with Crippen LogP contribution >= 0.6 is 0 Å². The van der Waals surface area contributed by atoms with Crippen molar-refractivity contribution in [2.24, 2.45) is 0 Å². The zero-order valence-electron chi connectivity index (χ0n) is 11.2. The van der Waals surface area contributed by atoms with Gasteiger partial charge in [-0.15, -0.1) is 0 Å². The van der Waals surface area contributed by atoms with E-state index in [1.165, 1.54) is 0 Å². The van der Waals surface area contributed by atoms with Crippen molar-refractivity contribution in [3.8, 4) is 0 Å². The number of fused-ring (bicyclic) bond motifs is 1. The number of para-hydroxylation sites is 2. The van der Waals surface area contributed by atoms with Gasteiger partial charge in [0.1, 0.15) is 6.17 Å². The summed E-state index contributed by atoms with van der Waals surface area (Å²) in [7, 11) is 2.00. The average molecular weight is 272 g/mol. The maximum Gasteiger partial charge on any atom is 0.389 e. The van der Waals surface area contributed by atoms with Crippen LogP contribution < -0.4 is 9.80 Å². The molecule has 0 saturated carbocycles. The predicted molar refractivity (Wildman–Crippen MR) is 71.6 cm³/mol. The number of nitrogens with zero attached hydrogens (tertiary/aromatic N) is 2. The lowest BCUT2D eigenvalue weighted by Gasteiger charge is -2.30. The molecule has 1 aliphatic heterocycles. The Hall–Kier alpha value is -1.39. The molecule has 19 heavy (non-hydrogen) atoms. The Morgan fingerprint density at radius 3 is 2.37 bits per heavy atom. The van der Waals surface area contributed by atoms with Crippen molar-refractivity contribution in [3.63, 3.8) is 0 Å². The van der Waals surface area contributed by atoms with E-state index in [2.05, 4.69) is 16.7 Å². The van der Waals surface area contributed by atoms with Gasteiger partial charge in [-0.2, -0.15) is 13.2 Å². The Morgan fingerprint density at radius 1 is 1.16 bits per heavy atom. The molecule has 2 rings (SSSR count). The standard InChI is InChI=1S/C14H19F3N2/c1-3-13-18(2)11-7-4-5-8-12(11)19(13)10-6-9-14(15,16)17/h4-5,7-8,13H,3,6,9-10H2,1-2H3. The number of hydrogen-bond acceptors (Lipinski definition) is 2. The van der Waals surface area contributed by atoms with Gasteiger partial charge < -0.3 is 9.80 Å². The molecule has 0 aliphatic carbocycles. The van der Waals surface area contributed by atoms with Crippen molar-refractivity contribution < 1.29 is 13.2 Å². The molecular formula is C14H19F3N2. The van der Waals surface area contributed by atoms with Crippen LogP contribution in [0.25, 0.3) is 0 Å². The third kappa shape index (κ3) is 2.96. The van der Waals surface area contributed by atoms with Gasteiger partial charge in [-0.05, 0) is 25.0 Å². The molecule has 1 aromatic rings. The monoisotopic (exact) mass is 272 g/mol. The summed E-state index contributed by atoms with van der Waals surface area (Å²) in [5.41, 5.74) is 2.14. The number of benzene rings is 1. The molecule has 0 N–H and O–H groups in total. The van der Waals surface area contributed by atoms with Gasteiger partial charge >= 0.3 is 6.18 Å². The van der Waals surface area contributed by atoms with Gasteiger partial charge in [0.05, 0.1) is 11.4 Å². The van der Waals surface area contributed by atoms with Crippen LogP contribution in [0, 0.1) is 0 Å². The van der Waals surface area contributed by atoms with E-state index in [-0.39, 0.29) is 12.6 Å². The van der Waals surface area contributed by atoms with Crippen molar-refractivity contribution in [1.29, 1.82) is 0 Å². The normalized spacial score (nSPS) is 18.9. The minimum absolute atomic E-state index is 0.141. The highest BCUT2D eigenvalue weighted by molar-refractivity contribution is 5.77. The fourth-order valence-corrected chi connectivity index (χ4v) is 2.75. The Bertz CT molecular complexity index is 431. The molecule has 0 spiro atoms. The summed E-state index contributed by atoms with van der Waals surface area (Å²) in [4.78, 5) is 4.23. The number of alkyl halides is 3. The van der Waals surface area contributed by atoms with E-state index in [1.807, 2.05) is 31.3 Å². The van der Waals surface area contributed by atoms with E-state index < -0.39 is 12.6 Å². The van der Waals surface area contributed by atoms with Crippen molar-refractivity contribution in [3.05, 3.63) is 24.3 Å². The van der Waals surface area contributed by atoms with E-state index in [0.717, 1.165) is 17.8 Å². The second kappa shape index (κ2) is 5.31. The summed E-state index contributed by atoms with van der Waals surface area (Å²) >= 11 is 0. The fourth-order valence-electron chi connectivity index (χ4n) is 2.75. The zero-order chi connectivity index (χ0) is 14.0. The van der Waals surface area contributed by atoms with E-state index >= 15 is 0 Å². The Balaban J connectivity index is 2.10. The van der Waals surface area contributed by atoms with Crippen molar-refractivity contribution >= 4 is 11.4 Å². The number of anilines is 2. The first-order chi connectivity index (χ1) is 8.94. The molecule has 0 radical (unpaired) electrons. The van der Waals surface area contributed by atoms with Crippen LogP contribution in [0.1, 0.15) is 26.2 Å². The van der Waals surface area contributed by atoms with Crippen LogP contribution in [0.5, 0.6) is 0 Å². The fraction of sp³-hybridized carbons (Fsp3) is 0.571. The maximum atomic E-state index is 12.3. The molecule has 1 atom stereocenters. The van der Waals surface area contributed by atoms with E-state index in [1.54, 1.807) is 0 Å². The molecule has 106 valence electrons. The summed E-state index contributed by atoms with van der Waals surface area (Å²) < 4.78 is 36.8. The molecule has 5 heteroatoms. The van der Waals surface area contributed by atoms with E-state index in [9.17, 15) is 13.2 Å². The van der Waals surface area contributed by atoms with Crippen molar-refractivity contribution in [2.45, 2.75) is 38.5 Å². The maximum absolute atomic E-state index is 12.3. The molecule has 0 amide bonds. The van der Waals surface area contributed by atoms with Gasteiger partial charge in [-0.3, -0.25) is 0 Å². The smallest absolute Gasteiger partial charge is 0.353 e. The molecule has 0 bridgehead atoms. The first-order valence-electron chi connectivity index (χ1n) is 6.59. The zero-order valence-corrected chi connectivity index (χ0v) is 11.2. The van der Waals surface area contributed by atoms with Crippen LogP contribution in [0.15, 0.2) is 24.3 Å². The highest BCUT2D eigenvalue weighted by Crippen LogP contribution is 2.39. The summed E-state index contributed by atoms with van der Waals surface area (Å²) in [5.74, 6) is 0. The highest BCUT2D eigenvalue weighted by atomic mass is 19.4. The third-order valence-electron chi connectivity index (χ3n) is 3.60. The molecule has 0 saturated heterocycles. The molecule has 1 heterocycles. The quantitative estimate of drug-likeness (QED) is 0.816. The average Bonchev–Trinajstić information content (AvgIpc) is 2.62. The second-order valence-corrected chi connectivity index (χ2v) is 4.90. The van der Waals surface area contributed by atoms with Crippen LogP contribution in [0.2, 0.25) is 0 Å². The van der Waals surface area contributed by atoms with Gasteiger partial charge in [0, 0.05) is 20.0 Å². The number of hydrogen-bond donors (Lipinski definition) is 0. The van der Waals surface area contributed by atoms with Crippen LogP contribution in [0.4, 0.5) is 24.5 Å². The molecule has 1 aliphatic rings. The topological polar surface area (TPSA) is 6.48 Å². The SMILES string of the molecule is CCC1N(C)c2ccccc2N1CCCC(F)(F)F. The van der Waals surface area contributed by atoms with E-state index in [0.29, 0.717) is 6.54 Å². The third-order valence-corrected chi connectivity index (χ3v) is 3.60. The summed E-state index contributed by atoms with van der Waals surface area (Å²) in [5, 5.41) is 0. The molecular weight excluding hydrogens is 253 g/mol. The lowest BCUT2D eigenvalue weighted by Crippen LogP contribution is -2.41. The molecule has 2 nitrogen and oxygen atoms in total. The molecule has 1 aromatic carbocycles. The van der Waals surface area contributed by atoms with E-state index in [4.69, 9.17) is 0 Å². The lowest BCUT2D eigenvalue weighted by atomic mass is 10.2. The highest BCUT2D eigenvalue weighted by Gasteiger charge is 2.33.